The van der Waals surface area contributed by atoms with Crippen LogP contribution in [0.5, 0.6) is 0 Å². The molecule has 0 aromatic heterocycles. The van der Waals surface area contributed by atoms with Gasteiger partial charge in [0.1, 0.15) is 0 Å². The highest BCUT2D eigenvalue weighted by Gasteiger charge is 2.15. The number of likely N-dealkylation sites (tertiary alicyclic amines) is 1. The summed E-state index contributed by atoms with van der Waals surface area (Å²) < 4.78 is 0. The number of carbonyl (C=O) groups is 1. The standard InChI is InChI=1S/C12H23NOS/c1-11(2)7-10-15-12(14)13-8-5-3-4-6-9-13/h11H,3-10H2,1-2H3. The van der Waals surface area contributed by atoms with Gasteiger partial charge in [-0.3, -0.25) is 4.79 Å². The van der Waals surface area contributed by atoms with Crippen LogP contribution in [0.1, 0.15) is 46.0 Å². The van der Waals surface area contributed by atoms with E-state index in [2.05, 4.69) is 13.8 Å². The molecule has 0 N–H and O–H groups in total. The summed E-state index contributed by atoms with van der Waals surface area (Å²) in [5.41, 5.74) is 0. The summed E-state index contributed by atoms with van der Waals surface area (Å²) in [6, 6.07) is 0. The van der Waals surface area contributed by atoms with Crippen molar-refractivity contribution in [3.05, 3.63) is 0 Å². The maximum absolute atomic E-state index is 11.8. The predicted molar refractivity (Wildman–Crippen MR) is 67.4 cm³/mol. The Morgan fingerprint density at radius 2 is 1.80 bits per heavy atom. The summed E-state index contributed by atoms with van der Waals surface area (Å²) in [6.07, 6.45) is 6.11. The molecule has 1 fully saturated rings. The molecule has 1 saturated heterocycles. The lowest BCUT2D eigenvalue weighted by Crippen LogP contribution is -2.28. The van der Waals surface area contributed by atoms with Crippen LogP contribution < -0.4 is 0 Å². The Hall–Kier alpha value is -0.180. The maximum Gasteiger partial charge on any atom is 0.281 e. The van der Waals surface area contributed by atoms with Gasteiger partial charge in [-0.25, -0.2) is 0 Å². The topological polar surface area (TPSA) is 20.3 Å². The number of hydrogen-bond donors (Lipinski definition) is 0. The van der Waals surface area contributed by atoms with Gasteiger partial charge in [0.15, 0.2) is 0 Å². The molecule has 0 bridgehead atoms. The summed E-state index contributed by atoms with van der Waals surface area (Å²) in [6.45, 7) is 6.37. The molecule has 0 spiro atoms. The largest absolute Gasteiger partial charge is 0.334 e. The van der Waals surface area contributed by atoms with Crippen molar-refractivity contribution in [1.29, 1.82) is 0 Å². The average Bonchev–Trinajstić information content (AvgIpc) is 2.44. The van der Waals surface area contributed by atoms with Crippen molar-refractivity contribution >= 4 is 17.0 Å². The van der Waals surface area contributed by atoms with E-state index in [1.54, 1.807) is 0 Å². The lowest BCUT2D eigenvalue weighted by molar-refractivity contribution is 0.225. The van der Waals surface area contributed by atoms with E-state index < -0.39 is 0 Å². The number of thioether (sulfide) groups is 1. The molecule has 3 heteroatoms. The van der Waals surface area contributed by atoms with Crippen LogP contribution in [0.2, 0.25) is 0 Å². The molecule has 0 aromatic carbocycles. The van der Waals surface area contributed by atoms with Gasteiger partial charge < -0.3 is 4.90 Å². The second-order valence-electron chi connectivity index (χ2n) is 4.70. The zero-order valence-corrected chi connectivity index (χ0v) is 10.8. The third-order valence-electron chi connectivity index (χ3n) is 2.78. The second kappa shape index (κ2) is 7.15. The minimum Gasteiger partial charge on any atom is -0.334 e. The fourth-order valence-electron chi connectivity index (χ4n) is 1.73. The first-order valence-corrected chi connectivity index (χ1v) is 7.10. The van der Waals surface area contributed by atoms with Crippen molar-refractivity contribution in [2.45, 2.75) is 46.0 Å². The van der Waals surface area contributed by atoms with Crippen molar-refractivity contribution in [2.75, 3.05) is 18.8 Å². The Labute approximate surface area is 97.8 Å². The first-order valence-electron chi connectivity index (χ1n) is 6.12. The van der Waals surface area contributed by atoms with E-state index in [1.165, 1.54) is 37.4 Å². The van der Waals surface area contributed by atoms with Gasteiger partial charge in [0.25, 0.3) is 5.24 Å². The molecule has 1 heterocycles. The molecule has 1 rings (SSSR count). The zero-order chi connectivity index (χ0) is 11.1. The van der Waals surface area contributed by atoms with Crippen LogP contribution >= 0.6 is 11.8 Å². The molecule has 1 aliphatic rings. The lowest BCUT2D eigenvalue weighted by Gasteiger charge is -2.19. The van der Waals surface area contributed by atoms with Gasteiger partial charge in [-0.2, -0.15) is 0 Å². The van der Waals surface area contributed by atoms with Gasteiger partial charge in [0.05, 0.1) is 0 Å². The van der Waals surface area contributed by atoms with Crippen LogP contribution in [0, 0.1) is 5.92 Å². The third-order valence-corrected chi connectivity index (χ3v) is 3.73. The summed E-state index contributed by atoms with van der Waals surface area (Å²) in [4.78, 5) is 13.9. The minimum absolute atomic E-state index is 0.303. The molecule has 2 nitrogen and oxygen atoms in total. The number of amides is 1. The van der Waals surface area contributed by atoms with Crippen LogP contribution in [0.4, 0.5) is 4.79 Å². The van der Waals surface area contributed by atoms with Crippen LogP contribution in [-0.2, 0) is 0 Å². The first-order chi connectivity index (χ1) is 7.20. The monoisotopic (exact) mass is 229 g/mol. The van der Waals surface area contributed by atoms with Crippen LogP contribution in [0.3, 0.4) is 0 Å². The number of nitrogens with zero attached hydrogens (tertiary/aromatic N) is 1. The molecular weight excluding hydrogens is 206 g/mol. The summed E-state index contributed by atoms with van der Waals surface area (Å²) >= 11 is 1.51. The van der Waals surface area contributed by atoms with Gasteiger partial charge in [-0.05, 0) is 25.2 Å². The lowest BCUT2D eigenvalue weighted by atomic mass is 10.2. The second-order valence-corrected chi connectivity index (χ2v) is 5.74. The van der Waals surface area contributed by atoms with Crippen LogP contribution in [0.15, 0.2) is 0 Å². The number of rotatable bonds is 3. The van der Waals surface area contributed by atoms with Crippen molar-refractivity contribution < 1.29 is 4.79 Å². The minimum atomic E-state index is 0.303. The van der Waals surface area contributed by atoms with Crippen molar-refractivity contribution in [3.63, 3.8) is 0 Å². The number of carbonyl (C=O) groups excluding carboxylic acids is 1. The Balaban J connectivity index is 2.19. The fraction of sp³-hybridized carbons (Fsp3) is 0.917. The Bertz CT molecular complexity index is 186. The number of hydrogen-bond acceptors (Lipinski definition) is 2. The maximum atomic E-state index is 11.8. The molecular formula is C12H23NOS. The van der Waals surface area contributed by atoms with E-state index in [0.717, 1.165) is 25.3 Å². The summed E-state index contributed by atoms with van der Waals surface area (Å²) in [7, 11) is 0. The molecule has 0 unspecified atom stereocenters. The molecule has 88 valence electrons. The molecule has 1 aliphatic heterocycles. The van der Waals surface area contributed by atoms with E-state index in [0.29, 0.717) is 11.2 Å². The molecule has 15 heavy (non-hydrogen) atoms. The van der Waals surface area contributed by atoms with Crippen LogP contribution in [-0.4, -0.2) is 29.0 Å². The molecule has 1 amide bonds. The smallest absolute Gasteiger partial charge is 0.281 e. The van der Waals surface area contributed by atoms with E-state index in [1.807, 2.05) is 4.90 Å². The van der Waals surface area contributed by atoms with E-state index in [-0.39, 0.29) is 0 Å². The van der Waals surface area contributed by atoms with Gasteiger partial charge in [-0.15, -0.1) is 0 Å². The van der Waals surface area contributed by atoms with Crippen LogP contribution in [0.25, 0.3) is 0 Å². The van der Waals surface area contributed by atoms with Gasteiger partial charge in [0, 0.05) is 18.8 Å². The highest BCUT2D eigenvalue weighted by molar-refractivity contribution is 8.13. The van der Waals surface area contributed by atoms with Crippen molar-refractivity contribution in [2.24, 2.45) is 5.92 Å². The van der Waals surface area contributed by atoms with E-state index in [9.17, 15) is 4.79 Å². The fourth-order valence-corrected chi connectivity index (χ4v) is 2.86. The molecule has 0 aromatic rings. The van der Waals surface area contributed by atoms with Gasteiger partial charge in [-0.1, -0.05) is 38.5 Å². The van der Waals surface area contributed by atoms with E-state index in [4.69, 9.17) is 0 Å². The Morgan fingerprint density at radius 3 is 2.33 bits per heavy atom. The zero-order valence-electron chi connectivity index (χ0n) is 10.00. The van der Waals surface area contributed by atoms with Crippen molar-refractivity contribution in [3.8, 4) is 0 Å². The summed E-state index contributed by atoms with van der Waals surface area (Å²) in [5.74, 6) is 1.68. The van der Waals surface area contributed by atoms with Gasteiger partial charge >= 0.3 is 0 Å². The third kappa shape index (κ3) is 5.45. The Morgan fingerprint density at radius 1 is 1.20 bits per heavy atom. The van der Waals surface area contributed by atoms with Gasteiger partial charge in [0.2, 0.25) is 0 Å². The summed E-state index contributed by atoms with van der Waals surface area (Å²) in [5, 5.41) is 0.303. The molecule has 0 saturated carbocycles. The highest BCUT2D eigenvalue weighted by Crippen LogP contribution is 2.17. The Kier molecular flexibility index (Phi) is 6.15. The molecule has 0 aliphatic carbocycles. The first kappa shape index (κ1) is 12.9. The van der Waals surface area contributed by atoms with Crippen molar-refractivity contribution in [1.82, 2.24) is 4.90 Å². The average molecular weight is 229 g/mol. The molecule has 0 atom stereocenters. The van der Waals surface area contributed by atoms with E-state index >= 15 is 0 Å². The SMILES string of the molecule is CC(C)CCSC(=O)N1CCCCCC1. The highest BCUT2D eigenvalue weighted by atomic mass is 32.2. The normalized spacial score (nSPS) is 17.9. The molecule has 0 radical (unpaired) electrons. The quantitative estimate of drug-likeness (QED) is 0.734. The predicted octanol–water partition coefficient (Wildman–Crippen LogP) is 3.76.